The van der Waals surface area contributed by atoms with Crippen molar-refractivity contribution in [3.8, 4) is 6.07 Å². The molecule has 0 aliphatic rings. The predicted octanol–water partition coefficient (Wildman–Crippen LogP) is 9.92. The molecule has 5 aromatic rings. The molecule has 0 N–H and O–H groups in total. The Morgan fingerprint density at radius 3 is 1.59 bits per heavy atom. The number of para-hydroxylation sites is 2. The van der Waals surface area contributed by atoms with Gasteiger partial charge in [0.25, 0.3) is 0 Å². The maximum Gasteiger partial charge on any atom is 0.194 e. The molecule has 0 bridgehead atoms. The molecule has 0 aliphatic heterocycles. The van der Waals surface area contributed by atoms with Crippen LogP contribution in [0.3, 0.4) is 0 Å². The van der Waals surface area contributed by atoms with Crippen molar-refractivity contribution in [2.45, 2.75) is 0 Å². The Bertz CT molecular complexity index is 1650. The van der Waals surface area contributed by atoms with Crippen molar-refractivity contribution in [3.05, 3.63) is 167 Å². The molecule has 0 amide bonds. The van der Waals surface area contributed by atoms with Crippen LogP contribution in [-0.4, -0.2) is 0 Å². The first kappa shape index (κ1) is 25.0. The summed E-state index contributed by atoms with van der Waals surface area (Å²) in [7, 11) is 0. The van der Waals surface area contributed by atoms with Crippen LogP contribution in [0.4, 0.5) is 22.7 Å². The molecule has 0 aliphatic carbocycles. The molecule has 0 heterocycles. The minimum absolute atomic E-state index is 0.508. The molecule has 0 fully saturated rings. The molecular formula is C36H25N3. The molecule has 0 aromatic heterocycles. The average Bonchev–Trinajstić information content (AvgIpc) is 3.01. The van der Waals surface area contributed by atoms with E-state index in [4.69, 9.17) is 6.57 Å². The van der Waals surface area contributed by atoms with Crippen LogP contribution in [0.25, 0.3) is 29.1 Å². The summed E-state index contributed by atoms with van der Waals surface area (Å²) in [4.78, 5) is 5.94. The quantitative estimate of drug-likeness (QED) is 0.165. The fourth-order valence-electron chi connectivity index (χ4n) is 4.36. The second-order valence-corrected chi connectivity index (χ2v) is 8.90. The van der Waals surface area contributed by atoms with Crippen LogP contribution in [0.2, 0.25) is 0 Å². The molecule has 184 valence electrons. The van der Waals surface area contributed by atoms with Gasteiger partial charge in [-0.3, -0.25) is 0 Å². The van der Waals surface area contributed by atoms with Crippen molar-refractivity contribution in [1.82, 2.24) is 0 Å². The van der Waals surface area contributed by atoms with E-state index in [0.29, 0.717) is 11.3 Å². The zero-order valence-electron chi connectivity index (χ0n) is 21.3. The van der Waals surface area contributed by atoms with Crippen LogP contribution in [-0.2, 0) is 0 Å². The standard InChI is InChI=1S/C36H25N3/c1-38-36-26-30(21-17-28-11-5-2-6-12-28)32(27-37)25-31(36)22-18-29-19-23-35(24-20-29)39(33-13-7-3-8-14-33)34-15-9-4-10-16-34/h2-26H/b21-17-,22-18-. The van der Waals surface area contributed by atoms with Gasteiger partial charge in [0.15, 0.2) is 5.69 Å². The van der Waals surface area contributed by atoms with Crippen LogP contribution in [0.15, 0.2) is 127 Å². The smallest absolute Gasteiger partial charge is 0.194 e. The lowest BCUT2D eigenvalue weighted by atomic mass is 10.0. The van der Waals surface area contributed by atoms with Crippen LogP contribution < -0.4 is 4.90 Å². The Labute approximate surface area is 229 Å². The summed E-state index contributed by atoms with van der Waals surface area (Å²) < 4.78 is 0. The Balaban J connectivity index is 1.42. The van der Waals surface area contributed by atoms with Crippen molar-refractivity contribution < 1.29 is 0 Å². The lowest BCUT2D eigenvalue weighted by molar-refractivity contribution is 1.28. The molecule has 0 saturated heterocycles. The number of hydrogen-bond donors (Lipinski definition) is 0. The minimum Gasteiger partial charge on any atom is -0.311 e. The minimum atomic E-state index is 0.508. The predicted molar refractivity (Wildman–Crippen MR) is 163 cm³/mol. The third kappa shape index (κ3) is 6.03. The van der Waals surface area contributed by atoms with Gasteiger partial charge in [0, 0.05) is 17.1 Å². The van der Waals surface area contributed by atoms with E-state index in [1.165, 1.54) is 0 Å². The van der Waals surface area contributed by atoms with Gasteiger partial charge in [-0.05, 0) is 70.8 Å². The van der Waals surface area contributed by atoms with E-state index in [2.05, 4.69) is 64.3 Å². The largest absolute Gasteiger partial charge is 0.311 e. The number of rotatable bonds is 7. The molecule has 0 radical (unpaired) electrons. The van der Waals surface area contributed by atoms with Gasteiger partial charge in [0.1, 0.15) is 0 Å². The van der Waals surface area contributed by atoms with E-state index in [-0.39, 0.29) is 0 Å². The summed E-state index contributed by atoms with van der Waals surface area (Å²) in [6, 6.07) is 44.6. The second kappa shape index (κ2) is 12.1. The van der Waals surface area contributed by atoms with Gasteiger partial charge in [-0.1, -0.05) is 103 Å². The van der Waals surface area contributed by atoms with E-state index in [1.807, 2.05) is 91.0 Å². The monoisotopic (exact) mass is 499 g/mol. The highest BCUT2D eigenvalue weighted by molar-refractivity contribution is 5.83. The highest BCUT2D eigenvalue weighted by Crippen LogP contribution is 2.34. The third-order valence-electron chi connectivity index (χ3n) is 6.33. The molecule has 0 spiro atoms. The van der Waals surface area contributed by atoms with Crippen LogP contribution >= 0.6 is 0 Å². The fraction of sp³-hybridized carbons (Fsp3) is 0. The maximum absolute atomic E-state index is 9.77. The number of hydrogen-bond acceptors (Lipinski definition) is 2. The van der Waals surface area contributed by atoms with E-state index >= 15 is 0 Å². The van der Waals surface area contributed by atoms with Crippen LogP contribution in [0.1, 0.15) is 27.8 Å². The first-order valence-corrected chi connectivity index (χ1v) is 12.6. The highest BCUT2D eigenvalue weighted by Gasteiger charge is 2.11. The number of nitrogens with zero attached hydrogens (tertiary/aromatic N) is 3. The molecule has 3 heteroatoms. The number of anilines is 3. The van der Waals surface area contributed by atoms with E-state index in [0.717, 1.165) is 39.3 Å². The van der Waals surface area contributed by atoms with Gasteiger partial charge in [-0.25, -0.2) is 4.85 Å². The molecule has 0 saturated carbocycles. The summed E-state index contributed by atoms with van der Waals surface area (Å²) in [6.45, 7) is 7.71. The summed E-state index contributed by atoms with van der Waals surface area (Å²) in [5.74, 6) is 0. The maximum atomic E-state index is 9.77. The Kier molecular flexibility index (Phi) is 7.74. The van der Waals surface area contributed by atoms with Crippen molar-refractivity contribution in [1.29, 1.82) is 5.26 Å². The van der Waals surface area contributed by atoms with E-state index in [9.17, 15) is 5.26 Å². The summed E-state index contributed by atoms with van der Waals surface area (Å²) in [6.07, 6.45) is 7.72. The molecule has 3 nitrogen and oxygen atoms in total. The van der Waals surface area contributed by atoms with Gasteiger partial charge < -0.3 is 4.90 Å². The van der Waals surface area contributed by atoms with Crippen molar-refractivity contribution in [2.75, 3.05) is 4.90 Å². The van der Waals surface area contributed by atoms with Crippen LogP contribution in [0.5, 0.6) is 0 Å². The molecular weight excluding hydrogens is 474 g/mol. The number of nitriles is 1. The first-order valence-electron chi connectivity index (χ1n) is 12.6. The van der Waals surface area contributed by atoms with Crippen molar-refractivity contribution in [3.63, 3.8) is 0 Å². The molecule has 5 rings (SSSR count). The van der Waals surface area contributed by atoms with Gasteiger partial charge in [-0.15, -0.1) is 0 Å². The average molecular weight is 500 g/mol. The topological polar surface area (TPSA) is 31.4 Å². The molecule has 0 unspecified atom stereocenters. The normalized spacial score (nSPS) is 10.8. The summed E-state index contributed by atoms with van der Waals surface area (Å²) >= 11 is 0. The SMILES string of the molecule is [C-]#[N+]c1cc(/C=C\c2ccccc2)c(C#N)cc1/C=C\c1ccc(N(c2ccccc2)c2ccccc2)cc1. The van der Waals surface area contributed by atoms with E-state index < -0.39 is 0 Å². The Morgan fingerprint density at radius 2 is 1.05 bits per heavy atom. The van der Waals surface area contributed by atoms with Gasteiger partial charge >= 0.3 is 0 Å². The Morgan fingerprint density at radius 1 is 0.564 bits per heavy atom. The lowest BCUT2D eigenvalue weighted by Crippen LogP contribution is -2.09. The lowest BCUT2D eigenvalue weighted by Gasteiger charge is -2.25. The van der Waals surface area contributed by atoms with Crippen molar-refractivity contribution in [2.24, 2.45) is 0 Å². The second-order valence-electron chi connectivity index (χ2n) is 8.90. The molecule has 5 aromatic carbocycles. The highest BCUT2D eigenvalue weighted by atomic mass is 15.1. The number of benzene rings is 5. The van der Waals surface area contributed by atoms with Gasteiger partial charge in [-0.2, -0.15) is 5.26 Å². The summed E-state index contributed by atoms with van der Waals surface area (Å²) in [5, 5.41) is 9.77. The zero-order valence-corrected chi connectivity index (χ0v) is 21.3. The van der Waals surface area contributed by atoms with Crippen molar-refractivity contribution >= 4 is 47.1 Å². The summed E-state index contributed by atoms with van der Waals surface area (Å²) in [5.41, 5.74) is 7.75. The Hall–Kier alpha value is -5.64. The van der Waals surface area contributed by atoms with Gasteiger partial charge in [0.05, 0.1) is 18.2 Å². The zero-order chi connectivity index (χ0) is 26.9. The fourth-order valence-corrected chi connectivity index (χ4v) is 4.36. The van der Waals surface area contributed by atoms with Crippen LogP contribution in [0, 0.1) is 17.9 Å². The first-order chi connectivity index (χ1) is 19.2. The molecule has 39 heavy (non-hydrogen) atoms. The molecule has 0 atom stereocenters. The van der Waals surface area contributed by atoms with Gasteiger partial charge in [0.2, 0.25) is 0 Å². The van der Waals surface area contributed by atoms with E-state index in [1.54, 1.807) is 12.1 Å². The third-order valence-corrected chi connectivity index (χ3v) is 6.33.